The van der Waals surface area contributed by atoms with E-state index < -0.39 is 0 Å². The number of benzene rings is 12. The maximum atomic E-state index is 6.70. The second-order valence-corrected chi connectivity index (χ2v) is 19.5. The highest BCUT2D eigenvalue weighted by Gasteiger charge is 2.17. The molecule has 0 N–H and O–H groups in total. The van der Waals surface area contributed by atoms with Crippen LogP contribution in [0, 0.1) is 34.6 Å². The normalized spacial score (nSPS) is 11.2. The summed E-state index contributed by atoms with van der Waals surface area (Å²) in [5, 5.41) is 16.1. The third kappa shape index (κ3) is 8.56. The Labute approximate surface area is 417 Å². The first-order chi connectivity index (χ1) is 33.0. The summed E-state index contributed by atoms with van der Waals surface area (Å²) in [7, 11) is 0. The summed E-state index contributed by atoms with van der Waals surface area (Å²) in [5.74, 6) is 0. The second-order valence-electron chi connectivity index (χ2n) is 18.0. The zero-order chi connectivity index (χ0) is 47.1. The van der Waals surface area contributed by atoms with Crippen molar-refractivity contribution in [3.63, 3.8) is 0 Å². The first-order valence-electron chi connectivity index (χ1n) is 23.1. The molecular formula is C65H49BrCl2. The molecule has 0 saturated carbocycles. The smallest absolute Gasteiger partial charge is 0.0563 e. The van der Waals surface area contributed by atoms with Crippen molar-refractivity contribution in [2.45, 2.75) is 34.6 Å². The number of fused-ring (bicyclic) bond motifs is 6. The monoisotopic (exact) mass is 978 g/mol. The number of hydrogen-bond acceptors (Lipinski definition) is 0. The van der Waals surface area contributed by atoms with E-state index in [1.54, 1.807) is 0 Å². The molecule has 68 heavy (non-hydrogen) atoms. The van der Waals surface area contributed by atoms with Gasteiger partial charge in [-0.2, -0.15) is 0 Å². The Balaban J connectivity index is 0.000000119. The van der Waals surface area contributed by atoms with Gasteiger partial charge in [0.05, 0.1) is 10.0 Å². The Morgan fingerprint density at radius 3 is 0.809 bits per heavy atom. The SMILES string of the molecule is Cc1cc(C)cc(-c2c3ccccc3c(Br)c3ccccc23)c1.Cc1cc(C)cc(-c2c3ccccc3c(Cl)c3ccccc23)c1.Cc1cccc(-c2c3ccccc3c(Cl)c3ccccc23)c1. The lowest BCUT2D eigenvalue weighted by Gasteiger charge is -2.15. The molecule has 12 aromatic carbocycles. The van der Waals surface area contributed by atoms with Crippen molar-refractivity contribution >= 4 is 104 Å². The summed E-state index contributed by atoms with van der Waals surface area (Å²) in [6.07, 6.45) is 0. The van der Waals surface area contributed by atoms with Gasteiger partial charge < -0.3 is 0 Å². The predicted octanol–water partition coefficient (Wildman–Crippen LogP) is 20.6. The number of rotatable bonds is 3. The minimum Gasteiger partial charge on any atom is -0.0830 e. The maximum Gasteiger partial charge on any atom is 0.0563 e. The fourth-order valence-electron chi connectivity index (χ4n) is 10.2. The van der Waals surface area contributed by atoms with Crippen LogP contribution >= 0.6 is 39.1 Å². The lowest BCUT2D eigenvalue weighted by molar-refractivity contribution is 1.39. The fourth-order valence-corrected chi connectivity index (χ4v) is 11.5. The van der Waals surface area contributed by atoms with Gasteiger partial charge in [-0.3, -0.25) is 0 Å². The second kappa shape index (κ2) is 19.1. The number of aryl methyl sites for hydroxylation is 5. The molecule has 0 nitrogen and oxygen atoms in total. The summed E-state index contributed by atoms with van der Waals surface area (Å²) in [6.45, 7) is 10.8. The molecule has 3 heteroatoms. The molecule has 0 spiro atoms. The molecule has 0 aliphatic carbocycles. The molecule has 0 heterocycles. The fraction of sp³-hybridized carbons (Fsp3) is 0.0769. The standard InChI is InChI=1S/C22H17Br.C22H17Cl.C21H15Cl/c2*1-14-11-15(2)13-16(12-14)21-17-7-3-5-9-19(17)22(23)20-10-6-4-8-18(20)21;1-14-7-6-8-15(13-14)20-16-9-2-4-11-18(16)21(22)19-12-5-3-10-17(19)20/h2*3-13H,1-2H3;2-13H,1H3. The molecule has 0 aliphatic rings. The van der Waals surface area contributed by atoms with Gasteiger partial charge in [0.25, 0.3) is 0 Å². The van der Waals surface area contributed by atoms with Gasteiger partial charge in [0.15, 0.2) is 0 Å². The van der Waals surface area contributed by atoms with Crippen LogP contribution in [0.25, 0.3) is 98.0 Å². The Morgan fingerprint density at radius 1 is 0.250 bits per heavy atom. The van der Waals surface area contributed by atoms with Crippen LogP contribution in [0.5, 0.6) is 0 Å². The van der Waals surface area contributed by atoms with E-state index >= 15 is 0 Å². The minimum absolute atomic E-state index is 0.836. The van der Waals surface area contributed by atoms with Crippen LogP contribution in [0.1, 0.15) is 27.8 Å². The number of halogens is 3. The van der Waals surface area contributed by atoms with Gasteiger partial charge in [-0.1, -0.05) is 257 Å². The molecule has 0 fully saturated rings. The van der Waals surface area contributed by atoms with E-state index in [2.05, 4.69) is 233 Å². The molecule has 330 valence electrons. The zero-order valence-electron chi connectivity index (χ0n) is 38.8. The highest BCUT2D eigenvalue weighted by Crippen LogP contribution is 2.44. The van der Waals surface area contributed by atoms with Crippen LogP contribution in [-0.2, 0) is 0 Å². The first-order valence-corrected chi connectivity index (χ1v) is 24.6. The molecule has 0 saturated heterocycles. The van der Waals surface area contributed by atoms with E-state index in [-0.39, 0.29) is 0 Å². The minimum atomic E-state index is 0.836. The van der Waals surface area contributed by atoms with Crippen molar-refractivity contribution < 1.29 is 0 Å². The van der Waals surface area contributed by atoms with Crippen molar-refractivity contribution in [3.8, 4) is 33.4 Å². The van der Waals surface area contributed by atoms with Gasteiger partial charge in [0, 0.05) is 26.0 Å². The lowest BCUT2D eigenvalue weighted by atomic mass is 9.90. The van der Waals surface area contributed by atoms with Crippen LogP contribution in [0.2, 0.25) is 10.0 Å². The summed E-state index contributed by atoms with van der Waals surface area (Å²) in [5.41, 5.74) is 14.1. The van der Waals surface area contributed by atoms with Gasteiger partial charge in [-0.05, 0) is 127 Å². The van der Waals surface area contributed by atoms with E-state index in [1.165, 1.54) is 109 Å². The molecule has 0 atom stereocenters. The highest BCUT2D eigenvalue weighted by atomic mass is 79.9. The van der Waals surface area contributed by atoms with Crippen molar-refractivity contribution in [3.05, 3.63) is 249 Å². The summed E-state index contributed by atoms with van der Waals surface area (Å²) >= 11 is 17.2. The molecule has 0 aliphatic heterocycles. The molecule has 0 amide bonds. The van der Waals surface area contributed by atoms with Crippen molar-refractivity contribution in [2.24, 2.45) is 0 Å². The van der Waals surface area contributed by atoms with Crippen LogP contribution in [0.4, 0.5) is 0 Å². The molecular weight excluding hydrogens is 932 g/mol. The molecule has 12 rings (SSSR count). The molecule has 0 aromatic heterocycles. The first kappa shape index (κ1) is 45.1. The van der Waals surface area contributed by atoms with E-state index in [0.717, 1.165) is 31.6 Å². The lowest BCUT2D eigenvalue weighted by Crippen LogP contribution is -1.89. The summed E-state index contributed by atoms with van der Waals surface area (Å²) < 4.78 is 1.18. The van der Waals surface area contributed by atoms with Crippen molar-refractivity contribution in [1.82, 2.24) is 0 Å². The highest BCUT2D eigenvalue weighted by molar-refractivity contribution is 9.10. The Morgan fingerprint density at radius 2 is 0.500 bits per heavy atom. The molecule has 0 bridgehead atoms. The van der Waals surface area contributed by atoms with E-state index in [9.17, 15) is 0 Å². The third-order valence-corrected chi connectivity index (χ3v) is 14.6. The molecule has 12 aromatic rings. The third-order valence-electron chi connectivity index (χ3n) is 12.9. The molecule has 0 radical (unpaired) electrons. The quantitative estimate of drug-likeness (QED) is 0.155. The predicted molar refractivity (Wildman–Crippen MR) is 302 cm³/mol. The van der Waals surface area contributed by atoms with Crippen LogP contribution in [-0.4, -0.2) is 0 Å². The van der Waals surface area contributed by atoms with E-state index in [0.29, 0.717) is 0 Å². The van der Waals surface area contributed by atoms with Gasteiger partial charge in [0.1, 0.15) is 0 Å². The Bertz CT molecular complexity index is 3520. The van der Waals surface area contributed by atoms with Gasteiger partial charge >= 0.3 is 0 Å². The Hall–Kier alpha value is -6.74. The van der Waals surface area contributed by atoms with E-state index in [1.807, 2.05) is 24.3 Å². The zero-order valence-corrected chi connectivity index (χ0v) is 41.9. The largest absolute Gasteiger partial charge is 0.0830 e. The number of hydrogen-bond donors (Lipinski definition) is 0. The maximum absolute atomic E-state index is 6.70. The van der Waals surface area contributed by atoms with Crippen LogP contribution < -0.4 is 0 Å². The van der Waals surface area contributed by atoms with Gasteiger partial charge in [-0.15, -0.1) is 0 Å². The topological polar surface area (TPSA) is 0 Å². The summed E-state index contributed by atoms with van der Waals surface area (Å²) in [6, 6.07) is 73.0. The Kier molecular flexibility index (Phi) is 12.7. The average Bonchev–Trinajstić information content (AvgIpc) is 3.34. The van der Waals surface area contributed by atoms with Crippen molar-refractivity contribution in [1.29, 1.82) is 0 Å². The average molecular weight is 981 g/mol. The van der Waals surface area contributed by atoms with Crippen LogP contribution in [0.15, 0.2) is 211 Å². The van der Waals surface area contributed by atoms with Gasteiger partial charge in [-0.25, -0.2) is 0 Å². The van der Waals surface area contributed by atoms with Crippen LogP contribution in [0.3, 0.4) is 0 Å². The van der Waals surface area contributed by atoms with E-state index in [4.69, 9.17) is 23.2 Å². The van der Waals surface area contributed by atoms with Crippen molar-refractivity contribution in [2.75, 3.05) is 0 Å². The molecule has 0 unspecified atom stereocenters. The van der Waals surface area contributed by atoms with Gasteiger partial charge in [0.2, 0.25) is 0 Å². The summed E-state index contributed by atoms with van der Waals surface area (Å²) in [4.78, 5) is 0.